The molecule has 0 N–H and O–H groups in total. The minimum Gasteiger partial charge on any atom is -0.331 e. The Hall–Kier alpha value is -1.23. The van der Waals surface area contributed by atoms with Crippen LogP contribution in [0.15, 0.2) is 4.52 Å². The summed E-state index contributed by atoms with van der Waals surface area (Å²) in [6, 6.07) is 0. The summed E-state index contributed by atoms with van der Waals surface area (Å²) >= 11 is 0. The van der Waals surface area contributed by atoms with Crippen LogP contribution < -0.4 is 0 Å². The van der Waals surface area contributed by atoms with E-state index in [9.17, 15) is 4.79 Å². The Morgan fingerprint density at radius 3 is 2.69 bits per heavy atom. The van der Waals surface area contributed by atoms with Crippen LogP contribution in [0, 0.1) is 0 Å². The summed E-state index contributed by atoms with van der Waals surface area (Å²) < 4.78 is 4.73. The lowest BCUT2D eigenvalue weighted by molar-refractivity contribution is 0.0972. The lowest BCUT2D eigenvalue weighted by atomic mass is 10.4. The van der Waals surface area contributed by atoms with Crippen LogP contribution in [-0.4, -0.2) is 41.5 Å². The quantitative estimate of drug-likeness (QED) is 0.631. The number of rotatable bonds is 4. The maximum atomic E-state index is 10.8. The Labute approximate surface area is 76.7 Å². The van der Waals surface area contributed by atoms with Crippen molar-refractivity contribution < 1.29 is 9.32 Å². The summed E-state index contributed by atoms with van der Waals surface area (Å²) in [4.78, 5) is 16.7. The summed E-state index contributed by atoms with van der Waals surface area (Å²) in [5, 5.41) is 3.68. The highest BCUT2D eigenvalue weighted by Crippen LogP contribution is 1.99. The van der Waals surface area contributed by atoms with E-state index in [1.165, 1.54) is 6.92 Å². The van der Waals surface area contributed by atoms with Gasteiger partial charge in [0.25, 0.3) is 5.89 Å². The molecule has 5 heteroatoms. The molecule has 1 aromatic heterocycles. The molecule has 72 valence electrons. The molecule has 0 amide bonds. The highest BCUT2D eigenvalue weighted by atomic mass is 16.5. The van der Waals surface area contributed by atoms with E-state index < -0.39 is 0 Å². The highest BCUT2D eigenvalue weighted by Gasteiger charge is 2.09. The fourth-order valence-electron chi connectivity index (χ4n) is 0.822. The van der Waals surface area contributed by atoms with E-state index in [0.29, 0.717) is 12.2 Å². The first kappa shape index (κ1) is 9.85. The average Bonchev–Trinajstić information content (AvgIpc) is 2.48. The van der Waals surface area contributed by atoms with E-state index in [1.54, 1.807) is 0 Å². The zero-order valence-electron chi connectivity index (χ0n) is 8.07. The maximum absolute atomic E-state index is 10.8. The third kappa shape index (κ3) is 2.95. The van der Waals surface area contributed by atoms with Gasteiger partial charge in [-0.3, -0.25) is 4.79 Å². The molecule has 0 fully saturated rings. The van der Waals surface area contributed by atoms with Crippen LogP contribution in [0.25, 0.3) is 0 Å². The average molecular weight is 183 g/mol. The molecule has 0 aliphatic rings. The van der Waals surface area contributed by atoms with E-state index >= 15 is 0 Å². The largest absolute Gasteiger partial charge is 0.331 e. The van der Waals surface area contributed by atoms with E-state index in [2.05, 4.69) is 10.1 Å². The third-order valence-electron chi connectivity index (χ3n) is 1.55. The minimum atomic E-state index is -0.191. The van der Waals surface area contributed by atoms with Crippen molar-refractivity contribution in [3.63, 3.8) is 0 Å². The van der Waals surface area contributed by atoms with Gasteiger partial charge in [-0.25, -0.2) is 0 Å². The van der Waals surface area contributed by atoms with Crippen molar-refractivity contribution >= 4 is 5.78 Å². The molecule has 0 saturated heterocycles. The molecule has 0 aromatic carbocycles. The Morgan fingerprint density at radius 2 is 2.23 bits per heavy atom. The molecule has 0 aliphatic heterocycles. The first-order valence-electron chi connectivity index (χ1n) is 4.08. The fourth-order valence-corrected chi connectivity index (χ4v) is 0.822. The molecule has 0 aliphatic carbocycles. The Morgan fingerprint density at radius 1 is 1.54 bits per heavy atom. The number of hydrogen-bond acceptors (Lipinski definition) is 5. The predicted molar refractivity (Wildman–Crippen MR) is 46.6 cm³/mol. The monoisotopic (exact) mass is 183 g/mol. The molecule has 0 saturated carbocycles. The zero-order valence-corrected chi connectivity index (χ0v) is 8.07. The van der Waals surface area contributed by atoms with Gasteiger partial charge in [-0.2, -0.15) is 4.98 Å². The van der Waals surface area contributed by atoms with Crippen molar-refractivity contribution in [3.05, 3.63) is 11.7 Å². The van der Waals surface area contributed by atoms with E-state index in [-0.39, 0.29) is 11.7 Å². The Kier molecular flexibility index (Phi) is 3.13. The molecule has 1 aromatic rings. The number of hydrogen-bond donors (Lipinski definition) is 0. The van der Waals surface area contributed by atoms with Crippen molar-refractivity contribution in [1.82, 2.24) is 15.0 Å². The molecule has 0 bridgehead atoms. The minimum absolute atomic E-state index is 0.0914. The van der Waals surface area contributed by atoms with Crippen LogP contribution in [0.1, 0.15) is 23.4 Å². The van der Waals surface area contributed by atoms with E-state index in [1.807, 2.05) is 19.0 Å². The van der Waals surface area contributed by atoms with Crippen molar-refractivity contribution in [3.8, 4) is 0 Å². The molecule has 0 unspecified atom stereocenters. The smallest absolute Gasteiger partial charge is 0.293 e. The first-order valence-corrected chi connectivity index (χ1v) is 4.08. The third-order valence-corrected chi connectivity index (χ3v) is 1.55. The van der Waals surface area contributed by atoms with Crippen LogP contribution in [0.2, 0.25) is 0 Å². The van der Waals surface area contributed by atoms with Crippen molar-refractivity contribution in [1.29, 1.82) is 0 Å². The molecular weight excluding hydrogens is 170 g/mol. The van der Waals surface area contributed by atoms with Crippen LogP contribution in [0.4, 0.5) is 0 Å². The van der Waals surface area contributed by atoms with E-state index in [4.69, 9.17) is 4.52 Å². The Balaban J connectivity index is 2.54. The lowest BCUT2D eigenvalue weighted by Crippen LogP contribution is -2.15. The van der Waals surface area contributed by atoms with Gasteiger partial charge in [0.2, 0.25) is 5.78 Å². The van der Waals surface area contributed by atoms with Gasteiger partial charge >= 0.3 is 0 Å². The van der Waals surface area contributed by atoms with Gasteiger partial charge in [-0.15, -0.1) is 0 Å². The van der Waals surface area contributed by atoms with Gasteiger partial charge in [0, 0.05) is 19.9 Å². The zero-order chi connectivity index (χ0) is 9.84. The summed E-state index contributed by atoms with van der Waals surface area (Å²) in [6.07, 6.45) is 0.698. The van der Waals surface area contributed by atoms with Crippen LogP contribution >= 0.6 is 0 Å². The molecule has 1 heterocycles. The molecule has 0 radical (unpaired) electrons. The number of Topliss-reactive ketones (excluding diaryl/α,β-unsaturated/α-hetero) is 1. The molecule has 1 rings (SSSR count). The van der Waals surface area contributed by atoms with Gasteiger partial charge < -0.3 is 9.42 Å². The van der Waals surface area contributed by atoms with E-state index in [0.717, 1.165) is 6.54 Å². The van der Waals surface area contributed by atoms with Crippen molar-refractivity contribution in [2.75, 3.05) is 20.6 Å². The molecule has 0 spiro atoms. The van der Waals surface area contributed by atoms with Gasteiger partial charge in [-0.1, -0.05) is 5.16 Å². The van der Waals surface area contributed by atoms with Crippen LogP contribution in [-0.2, 0) is 6.42 Å². The topological polar surface area (TPSA) is 59.2 Å². The number of carbonyl (C=O) groups is 1. The second-order valence-corrected chi connectivity index (χ2v) is 3.13. The molecule has 13 heavy (non-hydrogen) atoms. The SMILES string of the molecule is CC(=O)c1nc(CCN(C)C)no1. The van der Waals surface area contributed by atoms with Crippen LogP contribution in [0.3, 0.4) is 0 Å². The first-order chi connectivity index (χ1) is 6.09. The molecule has 0 atom stereocenters. The summed E-state index contributed by atoms with van der Waals surface area (Å²) in [7, 11) is 3.93. The summed E-state index contributed by atoms with van der Waals surface area (Å²) in [5.74, 6) is 0.483. The Bertz CT molecular complexity index is 293. The van der Waals surface area contributed by atoms with Gasteiger partial charge in [-0.05, 0) is 14.1 Å². The number of likely N-dealkylation sites (N-methyl/N-ethyl adjacent to an activating group) is 1. The van der Waals surface area contributed by atoms with Gasteiger partial charge in [0.1, 0.15) is 0 Å². The van der Waals surface area contributed by atoms with Crippen molar-refractivity contribution in [2.45, 2.75) is 13.3 Å². The second-order valence-electron chi connectivity index (χ2n) is 3.13. The standard InChI is InChI=1S/C8H13N3O2/c1-6(12)8-9-7(10-13-8)4-5-11(2)3/h4-5H2,1-3H3. The fraction of sp³-hybridized carbons (Fsp3) is 0.625. The number of nitrogens with zero attached hydrogens (tertiary/aromatic N) is 3. The number of carbonyl (C=O) groups excluding carboxylic acids is 1. The number of ketones is 1. The maximum Gasteiger partial charge on any atom is 0.293 e. The lowest BCUT2D eigenvalue weighted by Gasteiger charge is -2.05. The summed E-state index contributed by atoms with van der Waals surface area (Å²) in [5.41, 5.74) is 0. The van der Waals surface area contributed by atoms with Crippen molar-refractivity contribution in [2.24, 2.45) is 0 Å². The normalized spacial score (nSPS) is 10.8. The van der Waals surface area contributed by atoms with Crippen LogP contribution in [0.5, 0.6) is 0 Å². The molecular formula is C8H13N3O2. The highest BCUT2D eigenvalue weighted by molar-refractivity contribution is 5.89. The second kappa shape index (κ2) is 4.13. The number of aromatic nitrogens is 2. The van der Waals surface area contributed by atoms with Gasteiger partial charge in [0.15, 0.2) is 5.82 Å². The molecule has 5 nitrogen and oxygen atoms in total. The van der Waals surface area contributed by atoms with Gasteiger partial charge in [0.05, 0.1) is 0 Å². The summed E-state index contributed by atoms with van der Waals surface area (Å²) in [6.45, 7) is 2.25. The predicted octanol–water partition coefficient (Wildman–Crippen LogP) is 0.376.